The number of Topliss-reactive ketones (excluding diaryl/α,β-unsaturated/α-hetero) is 1. The van der Waals surface area contributed by atoms with Gasteiger partial charge in [0.2, 0.25) is 6.79 Å². The van der Waals surface area contributed by atoms with Crippen LogP contribution in [0.4, 0.5) is 5.69 Å². The number of aliphatic hydroxyl groups is 1. The molecule has 1 N–H and O–H groups in total. The number of hydrogen-bond acceptors (Lipinski definition) is 6. The molecular formula is C31H31NO6. The van der Waals surface area contributed by atoms with Gasteiger partial charge in [0, 0.05) is 17.3 Å². The van der Waals surface area contributed by atoms with Gasteiger partial charge in [0.05, 0.1) is 18.2 Å². The quantitative estimate of drug-likeness (QED) is 0.254. The van der Waals surface area contributed by atoms with Crippen molar-refractivity contribution in [2.45, 2.75) is 46.1 Å². The molecule has 2 heterocycles. The number of nitrogens with zero attached hydrogens (tertiary/aromatic N) is 1. The number of hydrogen-bond donors (Lipinski definition) is 1. The first-order valence-corrected chi connectivity index (χ1v) is 12.6. The van der Waals surface area contributed by atoms with Crippen molar-refractivity contribution in [2.75, 3.05) is 18.3 Å². The van der Waals surface area contributed by atoms with E-state index in [1.54, 1.807) is 36.4 Å². The molecule has 1 saturated heterocycles. The van der Waals surface area contributed by atoms with E-state index in [9.17, 15) is 14.7 Å². The van der Waals surface area contributed by atoms with E-state index in [-0.39, 0.29) is 23.5 Å². The molecule has 1 amide bonds. The summed E-state index contributed by atoms with van der Waals surface area (Å²) >= 11 is 0. The van der Waals surface area contributed by atoms with Gasteiger partial charge in [-0.05, 0) is 66.3 Å². The maximum absolute atomic E-state index is 13.5. The van der Waals surface area contributed by atoms with Crippen LogP contribution in [0.3, 0.4) is 0 Å². The lowest BCUT2D eigenvalue weighted by atomic mass is 9.85. The summed E-state index contributed by atoms with van der Waals surface area (Å²) in [6.45, 7) is 10.7. The van der Waals surface area contributed by atoms with Crippen LogP contribution in [0.1, 0.15) is 56.0 Å². The number of rotatable bonds is 5. The van der Waals surface area contributed by atoms with Crippen molar-refractivity contribution in [1.29, 1.82) is 0 Å². The van der Waals surface area contributed by atoms with Gasteiger partial charge in [0.15, 0.2) is 11.5 Å². The second kappa shape index (κ2) is 9.56. The summed E-state index contributed by atoms with van der Waals surface area (Å²) in [4.78, 5) is 28.4. The van der Waals surface area contributed by atoms with Gasteiger partial charge in [-0.3, -0.25) is 14.5 Å². The van der Waals surface area contributed by atoms with E-state index in [1.165, 1.54) is 4.90 Å². The summed E-state index contributed by atoms with van der Waals surface area (Å²) < 4.78 is 16.6. The van der Waals surface area contributed by atoms with Crippen LogP contribution in [0, 0.1) is 6.92 Å². The van der Waals surface area contributed by atoms with E-state index in [1.807, 2.05) is 38.1 Å². The minimum absolute atomic E-state index is 0.0275. The first-order valence-electron chi connectivity index (χ1n) is 12.6. The lowest BCUT2D eigenvalue weighted by Gasteiger charge is -2.27. The third-order valence-electron chi connectivity index (χ3n) is 6.92. The number of ketones is 1. The molecule has 5 rings (SSSR count). The molecule has 3 aromatic carbocycles. The topological polar surface area (TPSA) is 85.3 Å². The Hall–Kier alpha value is -4.26. The monoisotopic (exact) mass is 513 g/mol. The fourth-order valence-corrected chi connectivity index (χ4v) is 4.88. The molecule has 7 nitrogen and oxygen atoms in total. The minimum Gasteiger partial charge on any atom is -0.507 e. The third kappa shape index (κ3) is 4.38. The summed E-state index contributed by atoms with van der Waals surface area (Å²) in [6.07, 6.45) is 0. The van der Waals surface area contributed by atoms with E-state index in [0.29, 0.717) is 40.7 Å². The number of amides is 1. The lowest BCUT2D eigenvalue weighted by Crippen LogP contribution is -2.29. The van der Waals surface area contributed by atoms with Crippen molar-refractivity contribution in [2.24, 2.45) is 0 Å². The van der Waals surface area contributed by atoms with Gasteiger partial charge in [0.1, 0.15) is 11.5 Å². The van der Waals surface area contributed by atoms with Crippen LogP contribution in [-0.2, 0) is 15.0 Å². The van der Waals surface area contributed by atoms with Crippen LogP contribution in [-0.4, -0.2) is 30.2 Å². The molecule has 2 aliphatic rings. The molecule has 1 unspecified atom stereocenters. The SMILES string of the molecule is CCOc1ccc(/C(O)=C2\C(=O)C(=O)N(c3ccc4c(c3)OCO4)C2c2ccc(C(C)(C)C)cc2)cc1C. The van der Waals surface area contributed by atoms with E-state index in [4.69, 9.17) is 14.2 Å². The molecule has 0 aromatic heterocycles. The number of ether oxygens (including phenoxy) is 3. The van der Waals surface area contributed by atoms with E-state index < -0.39 is 17.7 Å². The molecule has 38 heavy (non-hydrogen) atoms. The van der Waals surface area contributed by atoms with E-state index in [2.05, 4.69) is 20.8 Å². The van der Waals surface area contributed by atoms with Gasteiger partial charge >= 0.3 is 0 Å². The lowest BCUT2D eigenvalue weighted by molar-refractivity contribution is -0.132. The smallest absolute Gasteiger partial charge is 0.300 e. The zero-order chi connectivity index (χ0) is 27.2. The van der Waals surface area contributed by atoms with Crippen LogP contribution < -0.4 is 19.1 Å². The first-order chi connectivity index (χ1) is 18.1. The fourth-order valence-electron chi connectivity index (χ4n) is 4.88. The first kappa shape index (κ1) is 25.4. The highest BCUT2D eigenvalue weighted by Crippen LogP contribution is 2.45. The highest BCUT2D eigenvalue weighted by Gasteiger charge is 2.47. The molecular weight excluding hydrogens is 482 g/mol. The number of carbonyl (C=O) groups excluding carboxylic acids is 2. The van der Waals surface area contributed by atoms with Crippen molar-refractivity contribution in [3.63, 3.8) is 0 Å². The molecule has 0 bridgehead atoms. The zero-order valence-corrected chi connectivity index (χ0v) is 22.2. The van der Waals surface area contributed by atoms with Gasteiger partial charge < -0.3 is 19.3 Å². The Bertz CT molecular complexity index is 1450. The number of carbonyl (C=O) groups is 2. The van der Waals surface area contributed by atoms with Crippen LogP contribution in [0.2, 0.25) is 0 Å². The molecule has 3 aromatic rings. The van der Waals surface area contributed by atoms with Gasteiger partial charge in [-0.1, -0.05) is 45.0 Å². The van der Waals surface area contributed by atoms with Crippen molar-refractivity contribution in [3.8, 4) is 17.2 Å². The van der Waals surface area contributed by atoms with Crippen LogP contribution in [0.5, 0.6) is 17.2 Å². The Kier molecular flexibility index (Phi) is 6.39. The molecule has 7 heteroatoms. The number of aryl methyl sites for hydroxylation is 1. The molecule has 0 spiro atoms. The number of fused-ring (bicyclic) bond motifs is 1. The summed E-state index contributed by atoms with van der Waals surface area (Å²) in [6, 6.07) is 17.3. The maximum Gasteiger partial charge on any atom is 0.300 e. The van der Waals surface area contributed by atoms with Crippen LogP contribution >= 0.6 is 0 Å². The number of benzene rings is 3. The second-order valence-corrected chi connectivity index (χ2v) is 10.5. The summed E-state index contributed by atoms with van der Waals surface area (Å²) in [5, 5.41) is 11.5. The maximum atomic E-state index is 13.5. The molecule has 1 atom stereocenters. The fraction of sp³-hybridized carbons (Fsp3) is 0.290. The minimum atomic E-state index is -0.837. The molecule has 1 fully saturated rings. The van der Waals surface area contributed by atoms with Crippen LogP contribution in [0.25, 0.3) is 5.76 Å². The molecule has 2 aliphatic heterocycles. The van der Waals surface area contributed by atoms with Gasteiger partial charge in [0.25, 0.3) is 11.7 Å². The zero-order valence-electron chi connectivity index (χ0n) is 22.2. The summed E-state index contributed by atoms with van der Waals surface area (Å²) in [5.41, 5.74) is 3.50. The standard InChI is InChI=1S/C31H31NO6/c1-6-36-23-13-9-20(15-18(23)2)28(33)26-27(19-7-10-21(11-8-19)31(3,4)5)32(30(35)29(26)34)22-12-14-24-25(16-22)38-17-37-24/h7-16,27,33H,6,17H2,1-5H3/b28-26+. The van der Waals surface area contributed by atoms with E-state index in [0.717, 1.165) is 11.1 Å². The highest BCUT2D eigenvalue weighted by atomic mass is 16.7. The number of anilines is 1. The predicted octanol–water partition coefficient (Wildman–Crippen LogP) is 6.05. The predicted molar refractivity (Wildman–Crippen MR) is 145 cm³/mol. The van der Waals surface area contributed by atoms with Gasteiger partial charge in [-0.15, -0.1) is 0 Å². The van der Waals surface area contributed by atoms with Gasteiger partial charge in [-0.25, -0.2) is 0 Å². The summed E-state index contributed by atoms with van der Waals surface area (Å²) in [5.74, 6) is 0.0473. The molecule has 0 aliphatic carbocycles. The average molecular weight is 514 g/mol. The Morgan fingerprint density at radius 1 is 1.00 bits per heavy atom. The second-order valence-electron chi connectivity index (χ2n) is 10.5. The average Bonchev–Trinajstić information content (AvgIpc) is 3.46. The van der Waals surface area contributed by atoms with Crippen molar-refractivity contribution in [1.82, 2.24) is 0 Å². The van der Waals surface area contributed by atoms with E-state index >= 15 is 0 Å². The van der Waals surface area contributed by atoms with Crippen LogP contribution in [0.15, 0.2) is 66.2 Å². The van der Waals surface area contributed by atoms with Gasteiger partial charge in [-0.2, -0.15) is 0 Å². The molecule has 196 valence electrons. The molecule has 0 radical (unpaired) electrons. The largest absolute Gasteiger partial charge is 0.507 e. The summed E-state index contributed by atoms with van der Waals surface area (Å²) in [7, 11) is 0. The van der Waals surface area contributed by atoms with Crippen molar-refractivity contribution in [3.05, 3.63) is 88.5 Å². The Morgan fingerprint density at radius 2 is 1.71 bits per heavy atom. The highest BCUT2D eigenvalue weighted by molar-refractivity contribution is 6.51. The molecule has 0 saturated carbocycles. The third-order valence-corrected chi connectivity index (χ3v) is 6.92. The Labute approximate surface area is 222 Å². The van der Waals surface area contributed by atoms with Crippen molar-refractivity contribution >= 4 is 23.1 Å². The Morgan fingerprint density at radius 3 is 2.37 bits per heavy atom. The number of aliphatic hydroxyl groups excluding tert-OH is 1. The van der Waals surface area contributed by atoms with Crippen molar-refractivity contribution < 1.29 is 28.9 Å². The normalized spacial score (nSPS) is 18.2. The Balaban J connectivity index is 1.67.